The number of para-hydroxylation sites is 1. The number of amides is 4. The van der Waals surface area contributed by atoms with E-state index in [0.717, 1.165) is 29.6 Å². The van der Waals surface area contributed by atoms with Crippen molar-refractivity contribution >= 4 is 41.3 Å². The molecule has 2 aromatic rings. The smallest absolute Gasteiger partial charge is 0.416 e. The summed E-state index contributed by atoms with van der Waals surface area (Å²) in [6.45, 7) is 1.03. The predicted molar refractivity (Wildman–Crippen MR) is 157 cm³/mol. The number of likely N-dealkylation sites (tertiary alicyclic amines) is 1. The summed E-state index contributed by atoms with van der Waals surface area (Å²) >= 11 is 0. The summed E-state index contributed by atoms with van der Waals surface area (Å²) in [5.41, 5.74) is 3.43. The number of carbonyl (C=O) groups is 3. The summed E-state index contributed by atoms with van der Waals surface area (Å²) in [7, 11) is 1.48. The predicted octanol–water partition coefficient (Wildman–Crippen LogP) is 4.70. The number of fused-ring (bicyclic) bond motifs is 1. The van der Waals surface area contributed by atoms with Crippen molar-refractivity contribution in [1.82, 2.24) is 9.80 Å². The number of halogens is 3. The number of carbonyl (C=O) groups excluding carboxylic acids is 3. The zero-order valence-electron chi connectivity index (χ0n) is 23.8. The second-order valence-corrected chi connectivity index (χ2v) is 9.94. The van der Waals surface area contributed by atoms with Crippen LogP contribution in [0.3, 0.4) is 0 Å². The van der Waals surface area contributed by atoms with Gasteiger partial charge in [0.15, 0.2) is 6.10 Å². The van der Waals surface area contributed by atoms with Gasteiger partial charge in [0.2, 0.25) is 0 Å². The number of rotatable bonds is 6. The number of urea groups is 1. The number of ether oxygens (including phenoxy) is 1. The van der Waals surface area contributed by atoms with Crippen molar-refractivity contribution in [2.75, 3.05) is 32.0 Å². The molecule has 0 aromatic heterocycles. The molecule has 4 amide bonds. The van der Waals surface area contributed by atoms with Crippen LogP contribution in [-0.4, -0.2) is 84.3 Å². The lowest BCUT2D eigenvalue weighted by Gasteiger charge is -2.37. The van der Waals surface area contributed by atoms with Crippen molar-refractivity contribution < 1.29 is 32.3 Å². The number of piperidine rings is 1. The second-order valence-electron chi connectivity index (χ2n) is 9.94. The normalized spacial score (nSPS) is 15.5. The number of hydrogen-bond acceptors (Lipinski definition) is 6. The van der Waals surface area contributed by atoms with Crippen LogP contribution in [0.25, 0.3) is 0 Å². The second kappa shape index (κ2) is 14.8. The number of aliphatic imine (C=N–C) groups is 3. The summed E-state index contributed by atoms with van der Waals surface area (Å²) in [6, 6.07) is 11.7. The summed E-state index contributed by atoms with van der Waals surface area (Å²) in [5.74, 6) is 5.94. The van der Waals surface area contributed by atoms with Gasteiger partial charge in [0, 0.05) is 50.7 Å². The molecule has 2 aliphatic heterocycles. The third-order valence-corrected chi connectivity index (χ3v) is 7.09. The lowest BCUT2D eigenvalue weighted by molar-refractivity contribution is -0.137. The van der Waals surface area contributed by atoms with Gasteiger partial charge in [0.1, 0.15) is 0 Å². The van der Waals surface area contributed by atoms with E-state index in [1.54, 1.807) is 4.90 Å². The highest BCUT2D eigenvalue weighted by atomic mass is 19.4. The molecular weight excluding hydrogens is 577 g/mol. The third kappa shape index (κ3) is 8.67. The fourth-order valence-corrected chi connectivity index (χ4v) is 4.89. The first-order valence-corrected chi connectivity index (χ1v) is 13.8. The van der Waals surface area contributed by atoms with Crippen molar-refractivity contribution in [3.63, 3.8) is 0 Å². The molecule has 0 bridgehead atoms. The number of anilines is 1. The fraction of sp³-hybridized carbons (Fsp3) is 0.355. The Hall–Kier alpha value is -5.17. The zero-order chi connectivity index (χ0) is 31.5. The zero-order valence-corrected chi connectivity index (χ0v) is 23.8. The summed E-state index contributed by atoms with van der Waals surface area (Å²) in [4.78, 5) is 52.8. The van der Waals surface area contributed by atoms with E-state index in [1.807, 2.05) is 24.3 Å². The molecule has 0 saturated carbocycles. The highest BCUT2D eigenvalue weighted by Gasteiger charge is 2.34. The van der Waals surface area contributed by atoms with Gasteiger partial charge in [-0.2, -0.15) is 23.2 Å². The van der Waals surface area contributed by atoms with Crippen LogP contribution < -0.4 is 5.32 Å². The molecule has 0 spiro atoms. The molecule has 2 aliphatic rings. The van der Waals surface area contributed by atoms with E-state index in [2.05, 4.69) is 43.6 Å². The van der Waals surface area contributed by atoms with E-state index in [1.165, 1.54) is 24.1 Å². The van der Waals surface area contributed by atoms with Gasteiger partial charge in [0.25, 0.3) is 5.91 Å². The molecule has 13 heteroatoms. The largest absolute Gasteiger partial charge is 0.435 e. The van der Waals surface area contributed by atoms with Crippen LogP contribution in [0.15, 0.2) is 75.4 Å². The molecule has 228 valence electrons. The number of hydrogen-bond donors (Lipinski definition) is 1. The molecule has 2 aromatic carbocycles. The van der Waals surface area contributed by atoms with E-state index in [4.69, 9.17) is 4.74 Å². The van der Waals surface area contributed by atoms with E-state index in [-0.39, 0.29) is 37.1 Å². The van der Waals surface area contributed by atoms with Crippen LogP contribution in [-0.2, 0) is 28.5 Å². The van der Waals surface area contributed by atoms with Crippen LogP contribution in [0.2, 0.25) is 0 Å². The molecule has 44 heavy (non-hydrogen) atoms. The minimum atomic E-state index is -4.59. The van der Waals surface area contributed by atoms with E-state index >= 15 is 0 Å². The fourth-order valence-electron chi connectivity index (χ4n) is 4.89. The Labute approximate surface area is 251 Å². The molecule has 1 fully saturated rings. The number of alkyl halides is 3. The quantitative estimate of drug-likeness (QED) is 0.379. The molecule has 1 N–H and O–H groups in total. The van der Waals surface area contributed by atoms with Gasteiger partial charge in [-0.15, -0.1) is 0 Å². The van der Waals surface area contributed by atoms with Crippen LogP contribution >= 0.6 is 0 Å². The van der Waals surface area contributed by atoms with Gasteiger partial charge < -0.3 is 19.9 Å². The van der Waals surface area contributed by atoms with Crippen molar-refractivity contribution in [2.24, 2.45) is 15.0 Å². The van der Waals surface area contributed by atoms with Crippen molar-refractivity contribution in [2.45, 2.75) is 44.0 Å². The van der Waals surface area contributed by atoms with Crippen molar-refractivity contribution in [1.29, 1.82) is 0 Å². The van der Waals surface area contributed by atoms with Crippen LogP contribution in [0.5, 0.6) is 0 Å². The first-order valence-electron chi connectivity index (χ1n) is 13.8. The minimum Gasteiger partial charge on any atom is -0.435 e. The minimum absolute atomic E-state index is 0.112. The van der Waals surface area contributed by atoms with Gasteiger partial charge in [-0.3, -0.25) is 4.79 Å². The Morgan fingerprint density at radius 1 is 1.09 bits per heavy atom. The van der Waals surface area contributed by atoms with Gasteiger partial charge in [-0.1, -0.05) is 36.4 Å². The van der Waals surface area contributed by atoms with Crippen LogP contribution in [0, 0.1) is 0 Å². The van der Waals surface area contributed by atoms with E-state index < -0.39 is 29.8 Å². The van der Waals surface area contributed by atoms with E-state index in [0.29, 0.717) is 25.8 Å². The Bertz CT molecular complexity index is 1590. The monoisotopic (exact) mass is 606 g/mol. The summed E-state index contributed by atoms with van der Waals surface area (Å²) < 4.78 is 45.3. The van der Waals surface area contributed by atoms with Crippen molar-refractivity contribution in [3.8, 4) is 0 Å². The average molecular weight is 607 g/mol. The Morgan fingerprint density at radius 2 is 1.86 bits per heavy atom. The molecule has 1 atom stereocenters. The van der Waals surface area contributed by atoms with Gasteiger partial charge in [-0.05, 0) is 48.3 Å². The van der Waals surface area contributed by atoms with Crippen LogP contribution in [0.1, 0.15) is 29.5 Å². The summed E-state index contributed by atoms with van der Waals surface area (Å²) in [6.07, 6.45) is -4.53. The van der Waals surface area contributed by atoms with Gasteiger partial charge in [-0.25, -0.2) is 14.6 Å². The average Bonchev–Trinajstić information content (AvgIpc) is 3.18. The number of nitrogens with zero attached hydrogens (tertiary/aromatic N) is 5. The molecule has 10 nitrogen and oxygen atoms in total. The van der Waals surface area contributed by atoms with E-state index in [9.17, 15) is 27.6 Å². The van der Waals surface area contributed by atoms with Crippen molar-refractivity contribution in [3.05, 3.63) is 77.2 Å². The Morgan fingerprint density at radius 3 is 2.61 bits per heavy atom. The first kappa shape index (κ1) is 31.8. The summed E-state index contributed by atoms with van der Waals surface area (Å²) in [5, 5.41) is 2.95. The molecular formula is C31H29F3N6O4. The van der Waals surface area contributed by atoms with Gasteiger partial charge in [0.05, 0.1) is 23.5 Å². The Kier molecular flexibility index (Phi) is 10.7. The highest BCUT2D eigenvalue weighted by Crippen LogP contribution is 2.30. The lowest BCUT2D eigenvalue weighted by Crippen LogP contribution is -2.50. The molecule has 2 heterocycles. The van der Waals surface area contributed by atoms with Gasteiger partial charge >= 0.3 is 18.3 Å². The SMILES string of the molecule is CN=C=C=NC=C=C=NC(=O)[C@@H](Cc1cccc(C(F)(F)F)c1)OC(=O)N1CCC(N2CCc3ccccc3NC2=O)CC1. The molecule has 0 aliphatic carbocycles. The molecule has 4 rings (SSSR count). The third-order valence-electron chi connectivity index (χ3n) is 7.09. The number of nitrogens with one attached hydrogen (secondary N) is 1. The number of benzene rings is 2. The standard InChI is InChI=1S/C31H29F3N6O4/c1-35-15-16-36-13-5-14-37-28(41)27(21-22-6-4-8-24(20-22)31(32,33)34)44-30(43)39-17-11-25(12-18-39)40-19-10-23-7-2-3-9-26(23)38-29(40)42/h2-4,6-9,13,20,25,27H,10-12,17-19,21H2,1H3,(H,38,42)/t27-/m1/s1. The molecule has 0 unspecified atom stereocenters. The maximum absolute atomic E-state index is 13.3. The highest BCUT2D eigenvalue weighted by molar-refractivity contribution is 5.91. The maximum atomic E-state index is 13.3. The molecule has 1 saturated heterocycles. The van der Waals surface area contributed by atoms with Crippen LogP contribution in [0.4, 0.5) is 28.4 Å². The first-order chi connectivity index (χ1) is 21.2. The lowest BCUT2D eigenvalue weighted by atomic mass is 10.0. The molecule has 0 radical (unpaired) electrons. The topological polar surface area (TPSA) is 116 Å². The maximum Gasteiger partial charge on any atom is 0.416 e. The Balaban J connectivity index is 1.43.